The molecule has 4 aromatic rings. The molecular formula is C16H11N3O. The van der Waals surface area contributed by atoms with Gasteiger partial charge in [-0.3, -0.25) is 9.36 Å². The lowest BCUT2D eigenvalue weighted by atomic mass is 10.2. The van der Waals surface area contributed by atoms with Crippen LogP contribution in [0, 0.1) is 0 Å². The first kappa shape index (κ1) is 11.0. The van der Waals surface area contributed by atoms with Crippen LogP contribution in [0.15, 0.2) is 71.7 Å². The van der Waals surface area contributed by atoms with Crippen LogP contribution in [-0.4, -0.2) is 14.2 Å². The van der Waals surface area contributed by atoms with E-state index < -0.39 is 0 Å². The van der Waals surface area contributed by atoms with Gasteiger partial charge < -0.3 is 0 Å². The van der Waals surface area contributed by atoms with E-state index in [0.717, 1.165) is 16.9 Å². The van der Waals surface area contributed by atoms with Crippen molar-refractivity contribution < 1.29 is 0 Å². The van der Waals surface area contributed by atoms with Crippen LogP contribution >= 0.6 is 0 Å². The summed E-state index contributed by atoms with van der Waals surface area (Å²) in [6.45, 7) is 0. The molecule has 4 heteroatoms. The number of hydrogen-bond donors (Lipinski definition) is 0. The van der Waals surface area contributed by atoms with Gasteiger partial charge in [-0.1, -0.05) is 30.3 Å². The molecule has 0 amide bonds. The van der Waals surface area contributed by atoms with Crippen LogP contribution in [0.1, 0.15) is 0 Å². The van der Waals surface area contributed by atoms with Crippen molar-refractivity contribution in [1.82, 2.24) is 14.2 Å². The molecule has 0 aliphatic carbocycles. The smallest absolute Gasteiger partial charge is 0.266 e. The molecule has 0 aliphatic heterocycles. The number of aromatic nitrogens is 3. The Labute approximate surface area is 114 Å². The van der Waals surface area contributed by atoms with Crippen LogP contribution < -0.4 is 5.56 Å². The summed E-state index contributed by atoms with van der Waals surface area (Å²) in [6.07, 6.45) is 1.71. The second kappa shape index (κ2) is 4.06. The van der Waals surface area contributed by atoms with Crippen molar-refractivity contribution in [2.75, 3.05) is 0 Å². The van der Waals surface area contributed by atoms with E-state index in [1.54, 1.807) is 15.3 Å². The second-order valence-corrected chi connectivity index (χ2v) is 4.59. The van der Waals surface area contributed by atoms with Gasteiger partial charge in [0.15, 0.2) is 0 Å². The minimum absolute atomic E-state index is 0.0280. The Kier molecular flexibility index (Phi) is 2.23. The van der Waals surface area contributed by atoms with E-state index >= 15 is 0 Å². The summed E-state index contributed by atoms with van der Waals surface area (Å²) in [7, 11) is 0. The molecule has 2 heterocycles. The highest BCUT2D eigenvalue weighted by molar-refractivity contribution is 5.81. The summed E-state index contributed by atoms with van der Waals surface area (Å²) < 4.78 is 3.49. The molecule has 0 fully saturated rings. The summed E-state index contributed by atoms with van der Waals surface area (Å²) in [5, 5.41) is 4.99. The summed E-state index contributed by atoms with van der Waals surface area (Å²) in [5.41, 5.74) is 2.40. The molecule has 0 spiro atoms. The number of nitrogens with zero attached hydrogens (tertiary/aromatic N) is 3. The van der Waals surface area contributed by atoms with Gasteiger partial charge in [-0.15, -0.1) is 0 Å². The lowest BCUT2D eigenvalue weighted by Crippen LogP contribution is -2.21. The molecule has 96 valence electrons. The highest BCUT2D eigenvalue weighted by Crippen LogP contribution is 2.16. The maximum atomic E-state index is 12.8. The Hall–Kier alpha value is -2.88. The molecule has 2 aromatic carbocycles. The van der Waals surface area contributed by atoms with E-state index in [9.17, 15) is 4.79 Å². The highest BCUT2D eigenvalue weighted by atomic mass is 16.1. The Balaban J connectivity index is 2.27. The summed E-state index contributed by atoms with van der Waals surface area (Å²) in [4.78, 5) is 12.8. The van der Waals surface area contributed by atoms with E-state index in [-0.39, 0.29) is 5.56 Å². The fraction of sp³-hybridized carbons (Fsp3) is 0. The quantitative estimate of drug-likeness (QED) is 0.528. The average Bonchev–Trinajstić information content (AvgIpc) is 2.98. The molecule has 0 atom stereocenters. The second-order valence-electron chi connectivity index (χ2n) is 4.59. The monoisotopic (exact) mass is 261 g/mol. The zero-order valence-corrected chi connectivity index (χ0v) is 10.6. The Morgan fingerprint density at radius 2 is 1.60 bits per heavy atom. The van der Waals surface area contributed by atoms with Crippen LogP contribution in [-0.2, 0) is 0 Å². The zero-order valence-electron chi connectivity index (χ0n) is 10.6. The Morgan fingerprint density at radius 1 is 0.850 bits per heavy atom. The first-order valence-corrected chi connectivity index (χ1v) is 6.39. The van der Waals surface area contributed by atoms with Crippen molar-refractivity contribution in [3.63, 3.8) is 0 Å². The minimum atomic E-state index is -0.0280. The van der Waals surface area contributed by atoms with Crippen molar-refractivity contribution in [2.24, 2.45) is 0 Å². The van der Waals surface area contributed by atoms with Crippen LogP contribution in [0.4, 0.5) is 0 Å². The summed E-state index contributed by atoms with van der Waals surface area (Å²) >= 11 is 0. The third kappa shape index (κ3) is 1.42. The van der Waals surface area contributed by atoms with E-state index in [1.165, 1.54) is 0 Å². The molecule has 0 saturated carbocycles. The minimum Gasteiger partial charge on any atom is -0.268 e. The van der Waals surface area contributed by atoms with Crippen LogP contribution in [0.2, 0.25) is 0 Å². The van der Waals surface area contributed by atoms with E-state index in [4.69, 9.17) is 0 Å². The molecule has 0 radical (unpaired) electrons. The third-order valence-electron chi connectivity index (χ3n) is 3.43. The predicted molar refractivity (Wildman–Crippen MR) is 78.3 cm³/mol. The number of hydrogen-bond acceptors (Lipinski definition) is 2. The number of benzene rings is 2. The van der Waals surface area contributed by atoms with Crippen molar-refractivity contribution in [3.8, 4) is 5.69 Å². The number of fused-ring (bicyclic) bond motifs is 3. The van der Waals surface area contributed by atoms with E-state index in [2.05, 4.69) is 5.10 Å². The normalized spacial score (nSPS) is 11.2. The number of para-hydroxylation sites is 2. The predicted octanol–water partition coefficient (Wildman–Crippen LogP) is 2.64. The molecule has 4 nitrogen and oxygen atoms in total. The molecule has 0 bridgehead atoms. The van der Waals surface area contributed by atoms with Gasteiger partial charge in [-0.2, -0.15) is 5.10 Å². The van der Waals surface area contributed by atoms with Crippen molar-refractivity contribution >= 4 is 16.6 Å². The SMILES string of the molecule is O=c1c2ccccc2n2nccc2n1-c1ccccc1. The lowest BCUT2D eigenvalue weighted by Gasteiger charge is -2.10. The molecule has 0 N–H and O–H groups in total. The maximum absolute atomic E-state index is 12.8. The highest BCUT2D eigenvalue weighted by Gasteiger charge is 2.11. The zero-order chi connectivity index (χ0) is 13.5. The van der Waals surface area contributed by atoms with E-state index in [0.29, 0.717) is 5.39 Å². The van der Waals surface area contributed by atoms with Crippen molar-refractivity contribution in [1.29, 1.82) is 0 Å². The molecule has 2 aromatic heterocycles. The van der Waals surface area contributed by atoms with Gasteiger partial charge >= 0.3 is 0 Å². The molecular weight excluding hydrogens is 250 g/mol. The maximum Gasteiger partial charge on any atom is 0.266 e. The molecule has 0 aliphatic rings. The van der Waals surface area contributed by atoms with Gasteiger partial charge in [0.05, 0.1) is 22.8 Å². The van der Waals surface area contributed by atoms with Gasteiger partial charge in [0.2, 0.25) is 0 Å². The van der Waals surface area contributed by atoms with Gasteiger partial charge in [-0.05, 0) is 24.3 Å². The standard InChI is InChI=1S/C16H11N3O/c20-16-13-8-4-5-9-14(13)19-15(10-11-17-19)18(16)12-6-2-1-3-7-12/h1-11H. The number of rotatable bonds is 1. The largest absolute Gasteiger partial charge is 0.268 e. The van der Waals surface area contributed by atoms with E-state index in [1.807, 2.05) is 60.7 Å². The topological polar surface area (TPSA) is 39.3 Å². The lowest BCUT2D eigenvalue weighted by molar-refractivity contribution is 0.923. The van der Waals surface area contributed by atoms with Crippen LogP contribution in [0.25, 0.3) is 22.2 Å². The van der Waals surface area contributed by atoms with Gasteiger partial charge in [0.25, 0.3) is 5.56 Å². The first-order valence-electron chi connectivity index (χ1n) is 6.39. The average molecular weight is 261 g/mol. The summed E-state index contributed by atoms with van der Waals surface area (Å²) in [5.74, 6) is 0. The summed E-state index contributed by atoms with van der Waals surface area (Å²) in [6, 6.07) is 19.0. The van der Waals surface area contributed by atoms with Crippen LogP contribution in [0.3, 0.4) is 0 Å². The molecule has 4 rings (SSSR count). The third-order valence-corrected chi connectivity index (χ3v) is 3.43. The fourth-order valence-corrected chi connectivity index (χ4v) is 2.54. The van der Waals surface area contributed by atoms with Crippen molar-refractivity contribution in [3.05, 3.63) is 77.2 Å². The Bertz CT molecular complexity index is 967. The fourth-order valence-electron chi connectivity index (χ4n) is 2.54. The van der Waals surface area contributed by atoms with Gasteiger partial charge in [-0.25, -0.2) is 4.52 Å². The Morgan fingerprint density at radius 3 is 2.45 bits per heavy atom. The van der Waals surface area contributed by atoms with Crippen LogP contribution in [0.5, 0.6) is 0 Å². The molecule has 0 unspecified atom stereocenters. The van der Waals surface area contributed by atoms with Gasteiger partial charge in [0, 0.05) is 6.07 Å². The van der Waals surface area contributed by atoms with Gasteiger partial charge in [0.1, 0.15) is 5.65 Å². The van der Waals surface area contributed by atoms with Crippen molar-refractivity contribution in [2.45, 2.75) is 0 Å². The molecule has 20 heavy (non-hydrogen) atoms. The first-order chi connectivity index (χ1) is 9.86. The molecule has 0 saturated heterocycles.